The number of nitriles is 1. The lowest BCUT2D eigenvalue weighted by Gasteiger charge is -2.15. The third-order valence-electron chi connectivity index (χ3n) is 3.43. The van der Waals surface area contributed by atoms with E-state index < -0.39 is 0 Å². The van der Waals surface area contributed by atoms with Crippen molar-refractivity contribution in [1.29, 1.82) is 5.26 Å². The third kappa shape index (κ3) is 5.18. The van der Waals surface area contributed by atoms with Gasteiger partial charge in [0.2, 0.25) is 0 Å². The number of nitrogens with one attached hydrogen (secondary N) is 1. The van der Waals surface area contributed by atoms with Crippen LogP contribution in [-0.4, -0.2) is 13.1 Å². The van der Waals surface area contributed by atoms with Gasteiger partial charge in [-0.05, 0) is 45.7 Å². The van der Waals surface area contributed by atoms with Gasteiger partial charge in [0.1, 0.15) is 0 Å². The predicted molar refractivity (Wildman–Crippen MR) is 63.5 cm³/mol. The minimum atomic E-state index is -0.166. The molecular weight excluding hydrogens is 184 g/mol. The molecule has 0 amide bonds. The molecule has 2 nitrogen and oxygen atoms in total. The van der Waals surface area contributed by atoms with Gasteiger partial charge < -0.3 is 5.32 Å². The van der Waals surface area contributed by atoms with Gasteiger partial charge in [0.25, 0.3) is 0 Å². The second-order valence-corrected chi connectivity index (χ2v) is 5.43. The summed E-state index contributed by atoms with van der Waals surface area (Å²) in [5, 5.41) is 12.3. The van der Waals surface area contributed by atoms with Gasteiger partial charge in [-0.3, -0.25) is 0 Å². The molecule has 0 aromatic heterocycles. The molecular formula is C13H24N2. The fourth-order valence-electron chi connectivity index (χ4n) is 2.19. The zero-order chi connectivity index (χ0) is 11.1. The summed E-state index contributed by atoms with van der Waals surface area (Å²) < 4.78 is 0. The van der Waals surface area contributed by atoms with Gasteiger partial charge in [-0.1, -0.05) is 25.7 Å². The molecule has 0 aromatic rings. The Balaban J connectivity index is 1.95. The first-order valence-corrected chi connectivity index (χ1v) is 6.26. The Hall–Kier alpha value is -0.550. The molecule has 0 aromatic carbocycles. The van der Waals surface area contributed by atoms with Crippen molar-refractivity contribution >= 4 is 0 Å². The van der Waals surface area contributed by atoms with Crippen molar-refractivity contribution < 1.29 is 0 Å². The van der Waals surface area contributed by atoms with Gasteiger partial charge in [-0.15, -0.1) is 0 Å². The summed E-state index contributed by atoms with van der Waals surface area (Å²) in [6, 6.07) is 2.33. The second-order valence-electron chi connectivity index (χ2n) is 5.43. The summed E-state index contributed by atoms with van der Waals surface area (Å²) >= 11 is 0. The van der Waals surface area contributed by atoms with Crippen molar-refractivity contribution in [1.82, 2.24) is 5.32 Å². The van der Waals surface area contributed by atoms with E-state index in [9.17, 15) is 0 Å². The fourth-order valence-corrected chi connectivity index (χ4v) is 2.19. The molecule has 1 rings (SSSR count). The molecule has 2 heteroatoms. The van der Waals surface area contributed by atoms with E-state index in [1.54, 1.807) is 0 Å². The maximum absolute atomic E-state index is 8.85. The molecule has 0 heterocycles. The normalized spacial score (nSPS) is 17.9. The van der Waals surface area contributed by atoms with Crippen LogP contribution in [0.3, 0.4) is 0 Å². The van der Waals surface area contributed by atoms with Crippen LogP contribution in [-0.2, 0) is 0 Å². The molecule has 86 valence electrons. The molecule has 0 saturated heterocycles. The maximum atomic E-state index is 8.85. The highest BCUT2D eigenvalue weighted by atomic mass is 14.8. The van der Waals surface area contributed by atoms with E-state index >= 15 is 0 Å². The topological polar surface area (TPSA) is 35.8 Å². The summed E-state index contributed by atoms with van der Waals surface area (Å²) in [6.07, 6.45) is 8.02. The van der Waals surface area contributed by atoms with Gasteiger partial charge in [0.15, 0.2) is 0 Å². The fraction of sp³-hybridized carbons (Fsp3) is 0.923. The lowest BCUT2D eigenvalue weighted by atomic mass is 9.91. The Labute approximate surface area is 94.1 Å². The predicted octanol–water partition coefficient (Wildman–Crippen LogP) is 3.10. The highest BCUT2D eigenvalue weighted by molar-refractivity contribution is 4.91. The van der Waals surface area contributed by atoms with Crippen LogP contribution in [0.1, 0.15) is 52.4 Å². The molecule has 1 aliphatic carbocycles. The third-order valence-corrected chi connectivity index (χ3v) is 3.43. The Morgan fingerprint density at radius 3 is 2.53 bits per heavy atom. The molecule has 0 atom stereocenters. The molecule has 0 unspecified atom stereocenters. The quantitative estimate of drug-likeness (QED) is 0.681. The number of rotatable bonds is 6. The van der Waals surface area contributed by atoms with Crippen molar-refractivity contribution in [2.75, 3.05) is 13.1 Å². The van der Waals surface area contributed by atoms with Crippen molar-refractivity contribution in [2.24, 2.45) is 11.3 Å². The lowest BCUT2D eigenvalue weighted by molar-refractivity contribution is 0.416. The summed E-state index contributed by atoms with van der Waals surface area (Å²) in [7, 11) is 0. The maximum Gasteiger partial charge on any atom is 0.0684 e. The van der Waals surface area contributed by atoms with Gasteiger partial charge in [-0.25, -0.2) is 0 Å². The molecule has 0 aliphatic heterocycles. The average molecular weight is 208 g/mol. The van der Waals surface area contributed by atoms with Crippen molar-refractivity contribution in [3.63, 3.8) is 0 Å². The molecule has 0 radical (unpaired) electrons. The van der Waals surface area contributed by atoms with Crippen molar-refractivity contribution in [2.45, 2.75) is 52.4 Å². The summed E-state index contributed by atoms with van der Waals surface area (Å²) in [4.78, 5) is 0. The zero-order valence-electron chi connectivity index (χ0n) is 10.2. The first-order valence-electron chi connectivity index (χ1n) is 6.26. The van der Waals surface area contributed by atoms with Crippen LogP contribution < -0.4 is 5.32 Å². The van der Waals surface area contributed by atoms with Gasteiger partial charge >= 0.3 is 0 Å². The van der Waals surface area contributed by atoms with Crippen molar-refractivity contribution in [3.8, 4) is 6.07 Å². The first-order chi connectivity index (χ1) is 7.14. The summed E-state index contributed by atoms with van der Waals surface area (Å²) in [5.74, 6) is 0.974. The summed E-state index contributed by atoms with van der Waals surface area (Å²) in [5.41, 5.74) is -0.166. The first kappa shape index (κ1) is 12.5. The molecule has 1 fully saturated rings. The second kappa shape index (κ2) is 6.12. The van der Waals surface area contributed by atoms with Gasteiger partial charge in [-0.2, -0.15) is 5.26 Å². The van der Waals surface area contributed by atoms with E-state index in [0.29, 0.717) is 0 Å². The Morgan fingerprint density at radius 1 is 1.27 bits per heavy atom. The number of hydrogen-bond donors (Lipinski definition) is 1. The smallest absolute Gasteiger partial charge is 0.0684 e. The minimum absolute atomic E-state index is 0.166. The van der Waals surface area contributed by atoms with E-state index in [4.69, 9.17) is 5.26 Å². The monoisotopic (exact) mass is 208 g/mol. The van der Waals surface area contributed by atoms with Gasteiger partial charge in [0.05, 0.1) is 11.5 Å². The highest BCUT2D eigenvalue weighted by Crippen LogP contribution is 2.26. The van der Waals surface area contributed by atoms with Crippen LogP contribution in [0.4, 0.5) is 0 Å². The Bertz CT molecular complexity index is 209. The average Bonchev–Trinajstić information content (AvgIpc) is 2.70. The number of hydrogen-bond acceptors (Lipinski definition) is 2. The molecule has 1 aliphatic rings. The Kier molecular flexibility index (Phi) is 5.11. The lowest BCUT2D eigenvalue weighted by Crippen LogP contribution is -2.23. The van der Waals surface area contributed by atoms with Crippen LogP contribution in [0.5, 0.6) is 0 Å². The van der Waals surface area contributed by atoms with Crippen LogP contribution in [0, 0.1) is 22.7 Å². The van der Waals surface area contributed by atoms with E-state index in [1.165, 1.54) is 32.1 Å². The van der Waals surface area contributed by atoms with E-state index in [0.717, 1.165) is 25.4 Å². The van der Waals surface area contributed by atoms with E-state index in [1.807, 2.05) is 13.8 Å². The van der Waals surface area contributed by atoms with Gasteiger partial charge in [0, 0.05) is 0 Å². The minimum Gasteiger partial charge on any atom is -0.317 e. The van der Waals surface area contributed by atoms with Crippen LogP contribution in [0.15, 0.2) is 0 Å². The van der Waals surface area contributed by atoms with Crippen LogP contribution in [0.25, 0.3) is 0 Å². The van der Waals surface area contributed by atoms with E-state index in [2.05, 4.69) is 11.4 Å². The zero-order valence-corrected chi connectivity index (χ0v) is 10.2. The SMILES string of the molecule is CC(C)(C#N)CCNCCC1CCCC1. The van der Waals surface area contributed by atoms with Crippen LogP contribution >= 0.6 is 0 Å². The molecule has 0 bridgehead atoms. The molecule has 0 spiro atoms. The molecule has 1 saturated carbocycles. The van der Waals surface area contributed by atoms with Crippen molar-refractivity contribution in [3.05, 3.63) is 0 Å². The van der Waals surface area contributed by atoms with Crippen LogP contribution in [0.2, 0.25) is 0 Å². The van der Waals surface area contributed by atoms with E-state index in [-0.39, 0.29) is 5.41 Å². The largest absolute Gasteiger partial charge is 0.317 e. The Morgan fingerprint density at radius 2 is 1.93 bits per heavy atom. The number of nitrogens with zero attached hydrogens (tertiary/aromatic N) is 1. The highest BCUT2D eigenvalue weighted by Gasteiger charge is 2.16. The standard InChI is InChI=1S/C13H24N2/c1-13(2,11-14)8-10-15-9-7-12-5-3-4-6-12/h12,15H,3-10H2,1-2H3. The molecule has 15 heavy (non-hydrogen) atoms. The molecule has 1 N–H and O–H groups in total. The summed E-state index contributed by atoms with van der Waals surface area (Å²) in [6.45, 7) is 6.12.